The number of hydrogen-bond donors (Lipinski definition) is 3. The van der Waals surface area contributed by atoms with E-state index in [-0.39, 0.29) is 23.6 Å². The molecule has 0 spiro atoms. The van der Waals surface area contributed by atoms with Gasteiger partial charge in [-0.1, -0.05) is 55.7 Å². The molecule has 5 atom stereocenters. The van der Waals surface area contributed by atoms with Crippen LogP contribution in [0.1, 0.15) is 87.4 Å². The van der Waals surface area contributed by atoms with Gasteiger partial charge in [-0.15, -0.1) is 11.6 Å². The summed E-state index contributed by atoms with van der Waals surface area (Å²) in [6, 6.07) is 8.13. The summed E-state index contributed by atoms with van der Waals surface area (Å²) in [6.07, 6.45) is 12.0. The quantitative estimate of drug-likeness (QED) is 0.269. The zero-order valence-corrected chi connectivity index (χ0v) is 18.4. The van der Waals surface area contributed by atoms with Crippen molar-refractivity contribution in [1.82, 2.24) is 0 Å². The van der Waals surface area contributed by atoms with Gasteiger partial charge < -0.3 is 15.3 Å². The number of hydrogen-bond acceptors (Lipinski definition) is 3. The van der Waals surface area contributed by atoms with Crippen LogP contribution in [-0.2, 0) is 4.79 Å². The summed E-state index contributed by atoms with van der Waals surface area (Å²) >= 11 is 6.57. The first-order chi connectivity index (χ1) is 14.5. The van der Waals surface area contributed by atoms with Crippen molar-refractivity contribution >= 4 is 17.6 Å². The number of rotatable bonds is 9. The minimum atomic E-state index is -0.764. The lowest BCUT2D eigenvalue weighted by atomic mass is 9.81. The summed E-state index contributed by atoms with van der Waals surface area (Å²) in [6.45, 7) is 0. The smallest absolute Gasteiger partial charge is 0.303 e. The van der Waals surface area contributed by atoms with E-state index in [0.717, 1.165) is 36.8 Å². The van der Waals surface area contributed by atoms with Gasteiger partial charge in [-0.2, -0.15) is 0 Å². The van der Waals surface area contributed by atoms with E-state index in [4.69, 9.17) is 16.7 Å². The van der Waals surface area contributed by atoms with Gasteiger partial charge in [0.05, 0.1) is 12.2 Å². The Balaban J connectivity index is 1.61. The Morgan fingerprint density at radius 1 is 1.13 bits per heavy atom. The van der Waals surface area contributed by atoms with Gasteiger partial charge in [0.1, 0.15) is 0 Å². The molecule has 2 fully saturated rings. The molecule has 4 nitrogen and oxygen atoms in total. The SMILES string of the molecule is O=C(O)CCC/C=C\C[C@@H]1[C@@H](c2ccc(C(O)C3CCCCC3)cc2)[C@H](O)C[C@H]1Cl. The monoisotopic (exact) mass is 434 g/mol. The standard InChI is InChI=1S/C25H35ClO4/c26-21-16-22(27)24(20(21)10-6-1-2-7-11-23(28)29)17-12-14-19(15-13-17)25(30)18-8-4-3-5-9-18/h1,6,12-15,18,20-22,24-25,27,30H,2-5,7-11,16H2,(H,28,29)/b6-1-/t20-,21+,22+,24+,25?/m0/s1. The second kappa shape index (κ2) is 11.3. The van der Waals surface area contributed by atoms with Crippen molar-refractivity contribution < 1.29 is 20.1 Å². The molecule has 0 radical (unpaired) electrons. The molecular formula is C25H35ClO4. The fourth-order valence-corrected chi connectivity index (χ4v) is 5.65. The molecule has 0 amide bonds. The van der Waals surface area contributed by atoms with Crippen molar-refractivity contribution in [3.8, 4) is 0 Å². The number of aliphatic carboxylic acids is 1. The Morgan fingerprint density at radius 2 is 1.83 bits per heavy atom. The van der Waals surface area contributed by atoms with Gasteiger partial charge in [-0.25, -0.2) is 0 Å². The van der Waals surface area contributed by atoms with Crippen LogP contribution in [-0.4, -0.2) is 32.8 Å². The molecule has 1 aromatic rings. The fraction of sp³-hybridized carbons (Fsp3) is 0.640. The third-order valence-corrected chi connectivity index (χ3v) is 7.40. The minimum Gasteiger partial charge on any atom is -0.481 e. The number of aliphatic hydroxyl groups is 2. The van der Waals surface area contributed by atoms with Crippen molar-refractivity contribution in [1.29, 1.82) is 0 Å². The van der Waals surface area contributed by atoms with Crippen LogP contribution in [0.15, 0.2) is 36.4 Å². The van der Waals surface area contributed by atoms with Crippen LogP contribution in [0.25, 0.3) is 0 Å². The number of aliphatic hydroxyl groups excluding tert-OH is 2. The molecule has 0 bridgehead atoms. The van der Waals surface area contributed by atoms with Gasteiger partial charge in [0.25, 0.3) is 0 Å². The summed E-state index contributed by atoms with van der Waals surface area (Å²) in [5.41, 5.74) is 2.05. The highest BCUT2D eigenvalue weighted by Crippen LogP contribution is 2.45. The average Bonchev–Trinajstić information content (AvgIpc) is 3.03. The Hall–Kier alpha value is -1.36. The van der Waals surface area contributed by atoms with Crippen molar-refractivity contribution in [3.63, 3.8) is 0 Å². The largest absolute Gasteiger partial charge is 0.481 e. The molecule has 0 heterocycles. The molecule has 0 aromatic heterocycles. The van der Waals surface area contributed by atoms with E-state index in [1.54, 1.807) is 0 Å². The molecule has 2 aliphatic rings. The lowest BCUT2D eigenvalue weighted by Crippen LogP contribution is -2.19. The van der Waals surface area contributed by atoms with Crippen LogP contribution in [0.2, 0.25) is 0 Å². The number of allylic oxidation sites excluding steroid dienone is 2. The lowest BCUT2D eigenvalue weighted by molar-refractivity contribution is -0.137. The van der Waals surface area contributed by atoms with Gasteiger partial charge in [-0.3, -0.25) is 4.79 Å². The average molecular weight is 435 g/mol. The highest BCUT2D eigenvalue weighted by atomic mass is 35.5. The van der Waals surface area contributed by atoms with Crippen LogP contribution < -0.4 is 0 Å². The molecule has 30 heavy (non-hydrogen) atoms. The first-order valence-electron chi connectivity index (χ1n) is 11.4. The lowest BCUT2D eigenvalue weighted by Gasteiger charge is -2.27. The topological polar surface area (TPSA) is 77.8 Å². The maximum absolute atomic E-state index is 10.8. The molecule has 2 saturated carbocycles. The first kappa shape index (κ1) is 23.3. The van der Waals surface area contributed by atoms with Crippen LogP contribution >= 0.6 is 11.6 Å². The normalized spacial score (nSPS) is 28.8. The Morgan fingerprint density at radius 3 is 2.50 bits per heavy atom. The second-order valence-electron chi connectivity index (χ2n) is 9.01. The van der Waals surface area contributed by atoms with E-state index in [9.17, 15) is 15.0 Å². The van der Waals surface area contributed by atoms with Gasteiger partial charge >= 0.3 is 5.97 Å². The Labute approximate surface area is 185 Å². The van der Waals surface area contributed by atoms with Crippen molar-refractivity contribution in [2.45, 2.75) is 87.7 Å². The molecule has 5 heteroatoms. The zero-order valence-electron chi connectivity index (χ0n) is 17.6. The number of carbonyl (C=O) groups is 1. The molecule has 3 N–H and O–H groups in total. The van der Waals surface area contributed by atoms with Crippen LogP contribution in [0.3, 0.4) is 0 Å². The summed E-state index contributed by atoms with van der Waals surface area (Å²) < 4.78 is 0. The zero-order chi connectivity index (χ0) is 21.5. The van der Waals surface area contributed by atoms with Gasteiger partial charge in [0, 0.05) is 17.7 Å². The van der Waals surface area contributed by atoms with E-state index < -0.39 is 18.2 Å². The second-order valence-corrected chi connectivity index (χ2v) is 9.57. The molecule has 1 unspecified atom stereocenters. The van der Waals surface area contributed by atoms with E-state index >= 15 is 0 Å². The predicted octanol–water partition coefficient (Wildman–Crippen LogP) is 5.57. The van der Waals surface area contributed by atoms with Crippen LogP contribution in [0.4, 0.5) is 0 Å². The number of benzene rings is 1. The highest BCUT2D eigenvalue weighted by molar-refractivity contribution is 6.21. The van der Waals surface area contributed by atoms with Crippen LogP contribution in [0, 0.1) is 11.8 Å². The van der Waals surface area contributed by atoms with Crippen LogP contribution in [0.5, 0.6) is 0 Å². The van der Waals surface area contributed by atoms with Gasteiger partial charge in [-0.05, 0) is 61.5 Å². The van der Waals surface area contributed by atoms with E-state index in [2.05, 4.69) is 6.08 Å². The molecule has 0 aliphatic heterocycles. The number of carboxylic acid groups (broad SMARTS) is 1. The fourth-order valence-electron chi connectivity index (χ4n) is 5.21. The minimum absolute atomic E-state index is 0.0166. The Bertz CT molecular complexity index is 696. The molecule has 166 valence electrons. The van der Waals surface area contributed by atoms with Gasteiger partial charge in [0.2, 0.25) is 0 Å². The van der Waals surface area contributed by atoms with Crippen molar-refractivity contribution in [2.75, 3.05) is 0 Å². The summed E-state index contributed by atoms with van der Waals surface area (Å²) in [5, 5.41) is 30.0. The molecule has 2 aliphatic carbocycles. The van der Waals surface area contributed by atoms with E-state index in [1.165, 1.54) is 19.3 Å². The highest BCUT2D eigenvalue weighted by Gasteiger charge is 2.41. The summed E-state index contributed by atoms with van der Waals surface area (Å²) in [4.78, 5) is 10.6. The predicted molar refractivity (Wildman–Crippen MR) is 120 cm³/mol. The molecular weight excluding hydrogens is 400 g/mol. The first-order valence-corrected chi connectivity index (χ1v) is 11.9. The number of alkyl halides is 1. The van der Waals surface area contributed by atoms with Gasteiger partial charge in [0.15, 0.2) is 0 Å². The number of halogens is 1. The summed E-state index contributed by atoms with van der Waals surface area (Å²) in [7, 11) is 0. The number of unbranched alkanes of at least 4 members (excludes halogenated alkanes) is 1. The molecule has 0 saturated heterocycles. The molecule has 1 aromatic carbocycles. The van der Waals surface area contributed by atoms with E-state index in [1.807, 2.05) is 30.3 Å². The van der Waals surface area contributed by atoms with E-state index in [0.29, 0.717) is 18.8 Å². The third kappa shape index (κ3) is 6.09. The number of carboxylic acids is 1. The summed E-state index contributed by atoms with van der Waals surface area (Å²) in [5.74, 6) is -0.281. The maximum Gasteiger partial charge on any atom is 0.303 e. The Kier molecular flexibility index (Phi) is 8.79. The van der Waals surface area contributed by atoms with Crippen molar-refractivity contribution in [3.05, 3.63) is 47.5 Å². The molecule has 3 rings (SSSR count). The maximum atomic E-state index is 10.8. The third-order valence-electron chi connectivity index (χ3n) is 6.90. The van der Waals surface area contributed by atoms with Crippen molar-refractivity contribution in [2.24, 2.45) is 11.8 Å².